The zero-order valence-electron chi connectivity index (χ0n) is 22.8. The maximum atomic E-state index is 13.4. The van der Waals surface area contributed by atoms with Crippen molar-refractivity contribution < 1.29 is 9.59 Å². The predicted molar refractivity (Wildman–Crippen MR) is 154 cm³/mol. The van der Waals surface area contributed by atoms with E-state index < -0.39 is 11.2 Å². The summed E-state index contributed by atoms with van der Waals surface area (Å²) in [6.07, 6.45) is 0.470. The number of para-hydroxylation sites is 1. The van der Waals surface area contributed by atoms with Crippen LogP contribution in [0.5, 0.6) is 0 Å². The van der Waals surface area contributed by atoms with Crippen LogP contribution < -0.4 is 21.9 Å². The summed E-state index contributed by atoms with van der Waals surface area (Å²) in [7, 11) is 0. The Morgan fingerprint density at radius 2 is 1.46 bits per heavy atom. The number of nitrogens with zero attached hydrogens (tertiary/aromatic N) is 2. The van der Waals surface area contributed by atoms with E-state index in [1.165, 1.54) is 4.57 Å². The molecule has 0 saturated heterocycles. The van der Waals surface area contributed by atoms with Crippen molar-refractivity contribution in [1.29, 1.82) is 0 Å². The van der Waals surface area contributed by atoms with E-state index in [4.69, 9.17) is 0 Å². The third-order valence-electron chi connectivity index (χ3n) is 6.77. The van der Waals surface area contributed by atoms with Gasteiger partial charge in [-0.2, -0.15) is 0 Å². The summed E-state index contributed by atoms with van der Waals surface area (Å²) in [5.41, 5.74) is 5.21. The van der Waals surface area contributed by atoms with Gasteiger partial charge in [-0.05, 0) is 62.9 Å². The minimum atomic E-state index is -0.578. The average molecular weight is 527 g/mol. The summed E-state index contributed by atoms with van der Waals surface area (Å²) < 4.78 is 2.44. The molecule has 4 rings (SSSR count). The van der Waals surface area contributed by atoms with Crippen LogP contribution in [0, 0.1) is 27.7 Å². The lowest BCUT2D eigenvalue weighted by Crippen LogP contribution is -2.42. The van der Waals surface area contributed by atoms with Crippen molar-refractivity contribution in [3.05, 3.63) is 109 Å². The number of fused-ring (bicyclic) bond motifs is 1. The topological polar surface area (TPSA) is 102 Å². The largest absolute Gasteiger partial charge is 0.352 e. The van der Waals surface area contributed by atoms with Crippen molar-refractivity contribution in [2.24, 2.45) is 0 Å². The Morgan fingerprint density at radius 1 is 0.795 bits per heavy atom. The highest BCUT2D eigenvalue weighted by molar-refractivity contribution is 5.93. The first kappa shape index (κ1) is 27.6. The summed E-state index contributed by atoms with van der Waals surface area (Å²) in [6.45, 7) is 8.08. The van der Waals surface area contributed by atoms with Gasteiger partial charge in [-0.1, -0.05) is 59.7 Å². The summed E-state index contributed by atoms with van der Waals surface area (Å²) in [4.78, 5) is 52.0. The normalized spacial score (nSPS) is 11.0. The van der Waals surface area contributed by atoms with Crippen molar-refractivity contribution in [1.82, 2.24) is 14.5 Å². The molecule has 4 aromatic rings. The van der Waals surface area contributed by atoms with Crippen LogP contribution in [0.3, 0.4) is 0 Å². The molecule has 1 aromatic heterocycles. The van der Waals surface area contributed by atoms with Crippen LogP contribution in [0.25, 0.3) is 10.9 Å². The van der Waals surface area contributed by atoms with Gasteiger partial charge in [-0.3, -0.25) is 23.5 Å². The van der Waals surface area contributed by atoms with Gasteiger partial charge in [0.1, 0.15) is 6.54 Å². The van der Waals surface area contributed by atoms with E-state index in [1.54, 1.807) is 24.3 Å². The molecule has 0 unspecified atom stereocenters. The predicted octanol–water partition coefficient (Wildman–Crippen LogP) is 4.13. The van der Waals surface area contributed by atoms with E-state index >= 15 is 0 Å². The van der Waals surface area contributed by atoms with Gasteiger partial charge in [0, 0.05) is 25.2 Å². The summed E-state index contributed by atoms with van der Waals surface area (Å²) in [5, 5.41) is 6.15. The van der Waals surface area contributed by atoms with E-state index in [2.05, 4.69) is 10.6 Å². The molecular formula is C31H34N4O4. The number of carbonyl (C=O) groups excluding carboxylic acids is 2. The first-order valence-electron chi connectivity index (χ1n) is 13.1. The number of amides is 2. The van der Waals surface area contributed by atoms with Crippen LogP contribution in [-0.4, -0.2) is 20.9 Å². The van der Waals surface area contributed by atoms with Crippen molar-refractivity contribution in [2.45, 2.75) is 60.2 Å². The van der Waals surface area contributed by atoms with Crippen LogP contribution in [-0.2, 0) is 29.2 Å². The van der Waals surface area contributed by atoms with Crippen LogP contribution in [0.15, 0.2) is 70.3 Å². The maximum absolute atomic E-state index is 13.4. The number of nitrogens with one attached hydrogen (secondary N) is 2. The average Bonchev–Trinajstić information content (AvgIpc) is 2.90. The quantitative estimate of drug-likeness (QED) is 0.342. The van der Waals surface area contributed by atoms with Crippen molar-refractivity contribution in [3.63, 3.8) is 0 Å². The highest BCUT2D eigenvalue weighted by atomic mass is 16.2. The van der Waals surface area contributed by atoms with Gasteiger partial charge in [0.15, 0.2) is 0 Å². The van der Waals surface area contributed by atoms with Gasteiger partial charge in [0.2, 0.25) is 11.8 Å². The molecule has 8 heteroatoms. The fourth-order valence-electron chi connectivity index (χ4n) is 4.81. The van der Waals surface area contributed by atoms with Crippen molar-refractivity contribution >= 4 is 28.4 Å². The molecule has 0 atom stereocenters. The second-order valence-corrected chi connectivity index (χ2v) is 10.0. The van der Waals surface area contributed by atoms with Crippen LogP contribution in [0.1, 0.15) is 40.7 Å². The van der Waals surface area contributed by atoms with E-state index in [-0.39, 0.29) is 31.3 Å². The van der Waals surface area contributed by atoms with Crippen molar-refractivity contribution in [2.75, 3.05) is 5.32 Å². The molecule has 0 bridgehead atoms. The number of carbonyl (C=O) groups is 2. The first-order chi connectivity index (χ1) is 18.6. The third-order valence-corrected chi connectivity index (χ3v) is 6.77. The standard InChI is InChI=1S/C31H34N4O4/c1-20-11-13-24(14-12-20)18-32-27(36)10-7-15-34-30(38)25-8-5-6-9-26(25)35(31(34)39)19-28(37)33-29-22(3)16-21(2)17-23(29)4/h5-6,8-9,11-14,16-17H,7,10,15,18-19H2,1-4H3,(H,32,36)(H,33,37). The van der Waals surface area contributed by atoms with E-state index in [0.717, 1.165) is 32.4 Å². The number of hydrogen-bond acceptors (Lipinski definition) is 4. The molecule has 39 heavy (non-hydrogen) atoms. The molecule has 2 amide bonds. The summed E-state index contributed by atoms with van der Waals surface area (Å²) in [5.74, 6) is -0.522. The van der Waals surface area contributed by atoms with E-state index in [1.807, 2.05) is 64.1 Å². The first-order valence-corrected chi connectivity index (χ1v) is 13.1. The highest BCUT2D eigenvalue weighted by Crippen LogP contribution is 2.22. The molecule has 8 nitrogen and oxygen atoms in total. The van der Waals surface area contributed by atoms with Gasteiger partial charge < -0.3 is 10.6 Å². The molecule has 0 spiro atoms. The molecule has 0 radical (unpaired) electrons. The van der Waals surface area contributed by atoms with Gasteiger partial charge >= 0.3 is 5.69 Å². The zero-order chi connectivity index (χ0) is 28.1. The fourth-order valence-corrected chi connectivity index (χ4v) is 4.81. The molecule has 0 aliphatic carbocycles. The molecule has 202 valence electrons. The molecule has 2 N–H and O–H groups in total. The number of rotatable bonds is 9. The lowest BCUT2D eigenvalue weighted by Gasteiger charge is -2.16. The van der Waals surface area contributed by atoms with Crippen LogP contribution in [0.2, 0.25) is 0 Å². The Labute approximate surface area is 227 Å². The molecule has 0 aliphatic rings. The summed E-state index contributed by atoms with van der Waals surface area (Å²) in [6, 6.07) is 18.6. The number of benzene rings is 3. The molecule has 0 saturated carbocycles. The SMILES string of the molecule is Cc1ccc(CNC(=O)CCCn2c(=O)c3ccccc3n(CC(=O)Nc3c(C)cc(C)cc3C)c2=O)cc1. The molecule has 1 heterocycles. The van der Waals surface area contributed by atoms with Crippen LogP contribution >= 0.6 is 0 Å². The molecular weight excluding hydrogens is 492 g/mol. The van der Waals surface area contributed by atoms with E-state index in [9.17, 15) is 19.2 Å². The molecule has 0 aliphatic heterocycles. The number of hydrogen-bond donors (Lipinski definition) is 2. The van der Waals surface area contributed by atoms with Crippen molar-refractivity contribution in [3.8, 4) is 0 Å². The minimum absolute atomic E-state index is 0.0677. The van der Waals surface area contributed by atoms with Gasteiger partial charge in [-0.25, -0.2) is 4.79 Å². The third kappa shape index (κ3) is 6.52. The maximum Gasteiger partial charge on any atom is 0.331 e. The second-order valence-electron chi connectivity index (χ2n) is 10.0. The monoisotopic (exact) mass is 526 g/mol. The Hall–Kier alpha value is -4.46. The Morgan fingerprint density at radius 3 is 2.15 bits per heavy atom. The Balaban J connectivity index is 1.50. The van der Waals surface area contributed by atoms with Crippen LogP contribution in [0.4, 0.5) is 5.69 Å². The zero-order valence-corrected chi connectivity index (χ0v) is 22.8. The fraction of sp³-hybridized carbons (Fsp3) is 0.290. The second kappa shape index (κ2) is 11.9. The Bertz CT molecular complexity index is 1630. The van der Waals surface area contributed by atoms with Gasteiger partial charge in [0.25, 0.3) is 5.56 Å². The number of aryl methyl sites for hydroxylation is 4. The number of anilines is 1. The summed E-state index contributed by atoms with van der Waals surface area (Å²) >= 11 is 0. The Kier molecular flexibility index (Phi) is 8.44. The number of aromatic nitrogens is 2. The molecule has 0 fully saturated rings. The minimum Gasteiger partial charge on any atom is -0.352 e. The van der Waals surface area contributed by atoms with E-state index in [0.29, 0.717) is 29.6 Å². The molecule has 3 aromatic carbocycles. The van der Waals surface area contributed by atoms with Gasteiger partial charge in [-0.15, -0.1) is 0 Å². The lowest BCUT2D eigenvalue weighted by atomic mass is 10.1. The lowest BCUT2D eigenvalue weighted by molar-refractivity contribution is -0.121. The smallest absolute Gasteiger partial charge is 0.331 e. The highest BCUT2D eigenvalue weighted by Gasteiger charge is 2.17. The van der Waals surface area contributed by atoms with Gasteiger partial charge in [0.05, 0.1) is 10.9 Å².